The first kappa shape index (κ1) is 18.3. The molecule has 0 atom stereocenters. The predicted octanol–water partition coefficient (Wildman–Crippen LogP) is 3.31. The summed E-state index contributed by atoms with van der Waals surface area (Å²) >= 11 is 0. The Balaban J connectivity index is 2.01. The summed E-state index contributed by atoms with van der Waals surface area (Å²) in [5, 5.41) is 2.71. The van der Waals surface area contributed by atoms with Crippen molar-refractivity contribution in [2.45, 2.75) is 13.3 Å². The SMILES string of the molecule is CCCOc1ccc(C=O)c(OCC(=O)Nc2ccccc2OC)c1. The van der Waals surface area contributed by atoms with Crippen LogP contribution in [0.3, 0.4) is 0 Å². The quantitative estimate of drug-likeness (QED) is 0.707. The maximum atomic E-state index is 12.1. The van der Waals surface area contributed by atoms with E-state index in [4.69, 9.17) is 14.2 Å². The minimum Gasteiger partial charge on any atom is -0.495 e. The van der Waals surface area contributed by atoms with Crippen LogP contribution >= 0.6 is 0 Å². The molecule has 6 nitrogen and oxygen atoms in total. The maximum Gasteiger partial charge on any atom is 0.262 e. The van der Waals surface area contributed by atoms with Crippen molar-refractivity contribution in [3.8, 4) is 17.2 Å². The summed E-state index contributed by atoms with van der Waals surface area (Å²) in [6, 6.07) is 12.0. The molecule has 0 saturated heterocycles. The van der Waals surface area contributed by atoms with Gasteiger partial charge in [-0.15, -0.1) is 0 Å². The molecule has 2 aromatic rings. The van der Waals surface area contributed by atoms with Gasteiger partial charge in [0.1, 0.15) is 17.2 Å². The third-order valence-corrected chi connectivity index (χ3v) is 3.32. The number of hydrogen-bond donors (Lipinski definition) is 1. The number of aldehydes is 1. The lowest BCUT2D eigenvalue weighted by Crippen LogP contribution is -2.20. The topological polar surface area (TPSA) is 73.9 Å². The lowest BCUT2D eigenvalue weighted by atomic mass is 10.2. The summed E-state index contributed by atoms with van der Waals surface area (Å²) in [6.45, 7) is 2.32. The number of para-hydroxylation sites is 2. The molecule has 1 amide bonds. The molecule has 132 valence electrons. The second-order valence-electron chi connectivity index (χ2n) is 5.20. The number of hydrogen-bond acceptors (Lipinski definition) is 5. The van der Waals surface area contributed by atoms with Crippen LogP contribution in [0.25, 0.3) is 0 Å². The van der Waals surface area contributed by atoms with Crippen LogP contribution in [0.2, 0.25) is 0 Å². The lowest BCUT2D eigenvalue weighted by Gasteiger charge is -2.12. The molecule has 0 aromatic heterocycles. The summed E-state index contributed by atoms with van der Waals surface area (Å²) in [7, 11) is 1.53. The highest BCUT2D eigenvalue weighted by molar-refractivity contribution is 5.93. The number of methoxy groups -OCH3 is 1. The molecule has 0 saturated carbocycles. The normalized spacial score (nSPS) is 10.0. The van der Waals surface area contributed by atoms with Gasteiger partial charge in [-0.25, -0.2) is 0 Å². The summed E-state index contributed by atoms with van der Waals surface area (Å²) in [4.78, 5) is 23.2. The van der Waals surface area contributed by atoms with Gasteiger partial charge < -0.3 is 19.5 Å². The van der Waals surface area contributed by atoms with E-state index in [0.717, 1.165) is 6.42 Å². The highest BCUT2D eigenvalue weighted by Gasteiger charge is 2.10. The van der Waals surface area contributed by atoms with Crippen molar-refractivity contribution >= 4 is 17.9 Å². The van der Waals surface area contributed by atoms with Crippen molar-refractivity contribution < 1.29 is 23.8 Å². The molecule has 0 aliphatic rings. The Morgan fingerprint density at radius 2 is 1.92 bits per heavy atom. The average Bonchev–Trinajstić information content (AvgIpc) is 2.65. The third-order valence-electron chi connectivity index (χ3n) is 3.32. The average molecular weight is 343 g/mol. The molecule has 0 spiro atoms. The van der Waals surface area contributed by atoms with Crippen LogP contribution in [0.4, 0.5) is 5.69 Å². The number of anilines is 1. The Kier molecular flexibility index (Phi) is 6.83. The van der Waals surface area contributed by atoms with Gasteiger partial charge in [0, 0.05) is 6.07 Å². The molecule has 1 N–H and O–H groups in total. The molecular formula is C19H21NO5. The highest BCUT2D eigenvalue weighted by atomic mass is 16.5. The number of amides is 1. The van der Waals surface area contributed by atoms with E-state index < -0.39 is 0 Å². The molecule has 2 aromatic carbocycles. The van der Waals surface area contributed by atoms with Crippen molar-refractivity contribution in [1.82, 2.24) is 0 Å². The molecule has 0 bridgehead atoms. The first-order chi connectivity index (χ1) is 12.2. The van der Waals surface area contributed by atoms with Crippen LogP contribution in [0.1, 0.15) is 23.7 Å². The van der Waals surface area contributed by atoms with Crippen LogP contribution in [0, 0.1) is 0 Å². The Bertz CT molecular complexity index is 730. The van der Waals surface area contributed by atoms with Gasteiger partial charge in [0.15, 0.2) is 12.9 Å². The Labute approximate surface area is 146 Å². The highest BCUT2D eigenvalue weighted by Crippen LogP contribution is 2.25. The number of nitrogens with one attached hydrogen (secondary N) is 1. The molecule has 25 heavy (non-hydrogen) atoms. The molecule has 0 aliphatic heterocycles. The third kappa shape index (κ3) is 5.24. The standard InChI is InChI=1S/C19H21NO5/c1-3-10-24-15-9-8-14(12-21)18(11-15)25-13-19(22)20-16-6-4-5-7-17(16)23-2/h4-9,11-12H,3,10,13H2,1-2H3,(H,20,22). The van der Waals surface area contributed by atoms with Crippen molar-refractivity contribution in [1.29, 1.82) is 0 Å². The Hall–Kier alpha value is -3.02. The smallest absolute Gasteiger partial charge is 0.262 e. The summed E-state index contributed by atoms with van der Waals surface area (Å²) < 4.78 is 16.2. The summed E-state index contributed by atoms with van der Waals surface area (Å²) in [5.41, 5.74) is 0.906. The first-order valence-corrected chi connectivity index (χ1v) is 7.95. The summed E-state index contributed by atoms with van der Waals surface area (Å²) in [5.74, 6) is 1.09. The monoisotopic (exact) mass is 343 g/mol. The van der Waals surface area contributed by atoms with Crippen LogP contribution in [-0.4, -0.2) is 32.5 Å². The van der Waals surface area contributed by atoms with Gasteiger partial charge in [0.25, 0.3) is 5.91 Å². The number of carbonyl (C=O) groups is 2. The van der Waals surface area contributed by atoms with Crippen molar-refractivity contribution in [2.75, 3.05) is 25.6 Å². The van der Waals surface area contributed by atoms with E-state index in [1.807, 2.05) is 13.0 Å². The van der Waals surface area contributed by atoms with E-state index in [9.17, 15) is 9.59 Å². The van der Waals surface area contributed by atoms with Gasteiger partial charge in [-0.3, -0.25) is 9.59 Å². The molecule has 2 rings (SSSR count). The van der Waals surface area contributed by atoms with Crippen molar-refractivity contribution in [3.05, 3.63) is 48.0 Å². The van der Waals surface area contributed by atoms with Gasteiger partial charge in [0.05, 0.1) is 25.0 Å². The summed E-state index contributed by atoms with van der Waals surface area (Å²) in [6.07, 6.45) is 1.55. The van der Waals surface area contributed by atoms with E-state index >= 15 is 0 Å². The molecule has 0 unspecified atom stereocenters. The van der Waals surface area contributed by atoms with Gasteiger partial charge >= 0.3 is 0 Å². The number of benzene rings is 2. The van der Waals surface area contributed by atoms with Gasteiger partial charge in [0.2, 0.25) is 0 Å². The zero-order valence-electron chi connectivity index (χ0n) is 14.3. The zero-order valence-corrected chi connectivity index (χ0v) is 14.3. The second kappa shape index (κ2) is 9.32. The lowest BCUT2D eigenvalue weighted by molar-refractivity contribution is -0.118. The van der Waals surface area contributed by atoms with Gasteiger partial charge in [-0.05, 0) is 30.7 Å². The van der Waals surface area contributed by atoms with E-state index in [1.165, 1.54) is 7.11 Å². The minimum atomic E-state index is -0.360. The van der Waals surface area contributed by atoms with E-state index in [1.54, 1.807) is 36.4 Å². The Morgan fingerprint density at radius 1 is 1.12 bits per heavy atom. The predicted molar refractivity (Wildman–Crippen MR) is 94.7 cm³/mol. The van der Waals surface area contributed by atoms with Crippen LogP contribution in [0.15, 0.2) is 42.5 Å². The molecule has 0 heterocycles. The van der Waals surface area contributed by atoms with Crippen LogP contribution < -0.4 is 19.5 Å². The van der Waals surface area contributed by atoms with Crippen LogP contribution in [-0.2, 0) is 4.79 Å². The number of carbonyl (C=O) groups excluding carboxylic acids is 2. The fourth-order valence-corrected chi connectivity index (χ4v) is 2.12. The van der Waals surface area contributed by atoms with E-state index in [-0.39, 0.29) is 12.5 Å². The number of ether oxygens (including phenoxy) is 3. The van der Waals surface area contributed by atoms with Gasteiger partial charge in [-0.1, -0.05) is 19.1 Å². The molecule has 0 radical (unpaired) electrons. The largest absolute Gasteiger partial charge is 0.495 e. The van der Waals surface area contributed by atoms with Crippen LogP contribution in [0.5, 0.6) is 17.2 Å². The fraction of sp³-hybridized carbons (Fsp3) is 0.263. The zero-order chi connectivity index (χ0) is 18.1. The van der Waals surface area contributed by atoms with Crippen molar-refractivity contribution in [2.24, 2.45) is 0 Å². The fourth-order valence-electron chi connectivity index (χ4n) is 2.12. The first-order valence-electron chi connectivity index (χ1n) is 7.95. The van der Waals surface area contributed by atoms with Crippen molar-refractivity contribution in [3.63, 3.8) is 0 Å². The molecule has 0 aliphatic carbocycles. The van der Waals surface area contributed by atoms with Gasteiger partial charge in [-0.2, -0.15) is 0 Å². The van der Waals surface area contributed by atoms with E-state index in [0.29, 0.717) is 41.4 Å². The molecular weight excluding hydrogens is 322 g/mol. The minimum absolute atomic E-state index is 0.240. The Morgan fingerprint density at radius 3 is 2.64 bits per heavy atom. The maximum absolute atomic E-state index is 12.1. The molecule has 0 fully saturated rings. The molecule has 6 heteroatoms. The second-order valence-corrected chi connectivity index (χ2v) is 5.20. The van der Waals surface area contributed by atoms with E-state index in [2.05, 4.69) is 5.32 Å². The number of rotatable bonds is 9.